The van der Waals surface area contributed by atoms with Crippen molar-refractivity contribution < 1.29 is 9.53 Å². The second-order valence-corrected chi connectivity index (χ2v) is 7.34. The minimum atomic E-state index is -0.233. The lowest BCUT2D eigenvalue weighted by molar-refractivity contribution is -0.0851. The summed E-state index contributed by atoms with van der Waals surface area (Å²) in [6, 6.07) is 10.2. The SMILES string of the molecule is CNC(=O)N1C(C)(C)CC(OCc2ccccc2)CC1(C)C. The van der Waals surface area contributed by atoms with Crippen molar-refractivity contribution in [2.45, 2.75) is 64.3 Å². The summed E-state index contributed by atoms with van der Waals surface area (Å²) in [5.74, 6) is 0. The highest BCUT2D eigenvalue weighted by Gasteiger charge is 2.47. The zero-order valence-electron chi connectivity index (χ0n) is 14.3. The third kappa shape index (κ3) is 3.61. The zero-order chi connectivity index (χ0) is 16.4. The van der Waals surface area contributed by atoms with Gasteiger partial charge in [0.1, 0.15) is 0 Å². The lowest BCUT2D eigenvalue weighted by Gasteiger charge is -2.54. The number of likely N-dealkylation sites (tertiary alicyclic amines) is 1. The third-order valence-electron chi connectivity index (χ3n) is 4.41. The number of benzene rings is 1. The van der Waals surface area contributed by atoms with Crippen LogP contribution < -0.4 is 5.32 Å². The normalized spacial score (nSPS) is 20.7. The summed E-state index contributed by atoms with van der Waals surface area (Å²) in [4.78, 5) is 14.2. The molecule has 2 amide bonds. The maximum absolute atomic E-state index is 12.3. The van der Waals surface area contributed by atoms with E-state index < -0.39 is 0 Å². The molecule has 1 aromatic carbocycles. The lowest BCUT2D eigenvalue weighted by atomic mass is 9.78. The molecule has 0 unspecified atom stereocenters. The molecule has 4 nitrogen and oxygen atoms in total. The first-order valence-corrected chi connectivity index (χ1v) is 7.94. The van der Waals surface area contributed by atoms with E-state index in [0.29, 0.717) is 6.61 Å². The van der Waals surface area contributed by atoms with Crippen molar-refractivity contribution in [1.82, 2.24) is 10.2 Å². The molecular weight excluding hydrogens is 276 g/mol. The predicted molar refractivity (Wildman–Crippen MR) is 88.7 cm³/mol. The quantitative estimate of drug-likeness (QED) is 0.927. The molecule has 1 N–H and O–H groups in total. The number of piperidine rings is 1. The van der Waals surface area contributed by atoms with Crippen LogP contribution in [0.2, 0.25) is 0 Å². The van der Waals surface area contributed by atoms with Crippen LogP contribution in [0.5, 0.6) is 0 Å². The number of ether oxygens (including phenoxy) is 1. The van der Waals surface area contributed by atoms with Crippen LogP contribution >= 0.6 is 0 Å². The van der Waals surface area contributed by atoms with Gasteiger partial charge in [-0.05, 0) is 46.1 Å². The Bertz CT molecular complexity index is 493. The van der Waals surface area contributed by atoms with Gasteiger partial charge in [0.05, 0.1) is 12.7 Å². The summed E-state index contributed by atoms with van der Waals surface area (Å²) in [5, 5.41) is 2.76. The standard InChI is InChI=1S/C18H28N2O2/c1-17(2)11-15(22-13-14-9-7-6-8-10-14)12-18(3,4)20(17)16(21)19-5/h6-10,15H,11-13H2,1-5H3,(H,19,21). The van der Waals surface area contributed by atoms with Gasteiger partial charge in [-0.2, -0.15) is 0 Å². The monoisotopic (exact) mass is 304 g/mol. The van der Waals surface area contributed by atoms with Crippen LogP contribution in [0.3, 0.4) is 0 Å². The van der Waals surface area contributed by atoms with E-state index in [1.165, 1.54) is 5.56 Å². The molecule has 0 bridgehead atoms. The van der Waals surface area contributed by atoms with E-state index >= 15 is 0 Å². The van der Waals surface area contributed by atoms with E-state index in [9.17, 15) is 4.79 Å². The van der Waals surface area contributed by atoms with Gasteiger partial charge in [-0.1, -0.05) is 30.3 Å². The molecule has 0 saturated carbocycles. The lowest BCUT2D eigenvalue weighted by Crippen LogP contribution is -2.65. The molecule has 2 rings (SSSR count). The Hall–Kier alpha value is -1.55. The summed E-state index contributed by atoms with van der Waals surface area (Å²) in [7, 11) is 1.69. The third-order valence-corrected chi connectivity index (χ3v) is 4.41. The van der Waals surface area contributed by atoms with Crippen molar-refractivity contribution in [3.63, 3.8) is 0 Å². The van der Waals surface area contributed by atoms with E-state index in [1.54, 1.807) is 7.05 Å². The Morgan fingerprint density at radius 2 is 1.73 bits per heavy atom. The van der Waals surface area contributed by atoms with Gasteiger partial charge in [0, 0.05) is 18.1 Å². The average Bonchev–Trinajstić information content (AvgIpc) is 2.43. The number of carbonyl (C=O) groups excluding carboxylic acids is 1. The molecule has 0 radical (unpaired) electrons. The van der Waals surface area contributed by atoms with Crippen LogP contribution in [0.1, 0.15) is 46.1 Å². The molecular formula is C18H28N2O2. The topological polar surface area (TPSA) is 41.6 Å². The van der Waals surface area contributed by atoms with E-state index in [-0.39, 0.29) is 23.2 Å². The Kier molecular flexibility index (Phi) is 4.81. The fraction of sp³-hybridized carbons (Fsp3) is 0.611. The van der Waals surface area contributed by atoms with E-state index in [4.69, 9.17) is 4.74 Å². The molecule has 22 heavy (non-hydrogen) atoms. The minimum Gasteiger partial charge on any atom is -0.373 e. The number of urea groups is 1. The second kappa shape index (κ2) is 6.29. The first-order valence-electron chi connectivity index (χ1n) is 7.94. The molecule has 1 aliphatic rings. The molecule has 1 heterocycles. The molecule has 1 aliphatic heterocycles. The first-order chi connectivity index (χ1) is 10.3. The maximum atomic E-state index is 12.3. The largest absolute Gasteiger partial charge is 0.373 e. The van der Waals surface area contributed by atoms with Crippen LogP contribution in [-0.4, -0.2) is 35.2 Å². The van der Waals surface area contributed by atoms with Crippen LogP contribution in [-0.2, 0) is 11.3 Å². The molecule has 4 heteroatoms. The smallest absolute Gasteiger partial charge is 0.318 e. The van der Waals surface area contributed by atoms with Crippen LogP contribution in [0.25, 0.3) is 0 Å². The molecule has 1 aromatic rings. The molecule has 0 aliphatic carbocycles. The van der Waals surface area contributed by atoms with Crippen LogP contribution in [0, 0.1) is 0 Å². The minimum absolute atomic E-state index is 0.0171. The first kappa shape index (κ1) is 16.8. The summed E-state index contributed by atoms with van der Waals surface area (Å²) in [5.41, 5.74) is 0.721. The fourth-order valence-electron chi connectivity index (χ4n) is 3.76. The number of nitrogens with zero attached hydrogens (tertiary/aromatic N) is 1. The van der Waals surface area contributed by atoms with Crippen molar-refractivity contribution in [2.24, 2.45) is 0 Å². The Labute approximate surface area is 133 Å². The predicted octanol–water partition coefficient (Wildman–Crippen LogP) is 3.56. The van der Waals surface area contributed by atoms with Crippen LogP contribution in [0.4, 0.5) is 4.79 Å². The number of amides is 2. The van der Waals surface area contributed by atoms with Gasteiger partial charge < -0.3 is 15.0 Å². The number of nitrogens with one attached hydrogen (secondary N) is 1. The van der Waals surface area contributed by atoms with Crippen molar-refractivity contribution in [3.8, 4) is 0 Å². The van der Waals surface area contributed by atoms with Gasteiger partial charge in [0.15, 0.2) is 0 Å². The highest BCUT2D eigenvalue weighted by atomic mass is 16.5. The highest BCUT2D eigenvalue weighted by molar-refractivity contribution is 5.75. The van der Waals surface area contributed by atoms with Crippen molar-refractivity contribution in [3.05, 3.63) is 35.9 Å². The van der Waals surface area contributed by atoms with E-state index in [1.807, 2.05) is 23.1 Å². The van der Waals surface area contributed by atoms with Crippen LogP contribution in [0.15, 0.2) is 30.3 Å². The van der Waals surface area contributed by atoms with Crippen molar-refractivity contribution in [1.29, 1.82) is 0 Å². The summed E-state index contributed by atoms with van der Waals surface area (Å²) in [6.07, 6.45) is 1.85. The Balaban J connectivity index is 2.07. The number of rotatable bonds is 3. The molecule has 0 aromatic heterocycles. The van der Waals surface area contributed by atoms with Gasteiger partial charge in [0.25, 0.3) is 0 Å². The van der Waals surface area contributed by atoms with Crippen molar-refractivity contribution >= 4 is 6.03 Å². The van der Waals surface area contributed by atoms with Gasteiger partial charge in [-0.15, -0.1) is 0 Å². The Morgan fingerprint density at radius 1 is 1.18 bits per heavy atom. The summed E-state index contributed by atoms with van der Waals surface area (Å²) in [6.45, 7) is 9.08. The van der Waals surface area contributed by atoms with Gasteiger partial charge in [-0.25, -0.2) is 4.79 Å². The zero-order valence-corrected chi connectivity index (χ0v) is 14.3. The summed E-state index contributed by atoms with van der Waals surface area (Å²) < 4.78 is 6.14. The van der Waals surface area contributed by atoms with Gasteiger partial charge >= 0.3 is 6.03 Å². The molecule has 122 valence electrons. The molecule has 0 spiro atoms. The highest BCUT2D eigenvalue weighted by Crippen LogP contribution is 2.39. The summed E-state index contributed by atoms with van der Waals surface area (Å²) >= 11 is 0. The second-order valence-electron chi connectivity index (χ2n) is 7.34. The van der Waals surface area contributed by atoms with E-state index in [0.717, 1.165) is 12.8 Å². The Morgan fingerprint density at radius 3 is 2.23 bits per heavy atom. The van der Waals surface area contributed by atoms with Gasteiger partial charge in [0.2, 0.25) is 0 Å². The number of hydrogen-bond donors (Lipinski definition) is 1. The molecule has 0 atom stereocenters. The van der Waals surface area contributed by atoms with Crippen molar-refractivity contribution in [2.75, 3.05) is 7.05 Å². The average molecular weight is 304 g/mol. The number of hydrogen-bond acceptors (Lipinski definition) is 2. The molecule has 1 saturated heterocycles. The van der Waals surface area contributed by atoms with Gasteiger partial charge in [-0.3, -0.25) is 0 Å². The molecule has 1 fully saturated rings. The van der Waals surface area contributed by atoms with E-state index in [2.05, 4.69) is 45.1 Å². The maximum Gasteiger partial charge on any atom is 0.318 e. The number of carbonyl (C=O) groups is 1. The fourth-order valence-corrected chi connectivity index (χ4v) is 3.76.